The van der Waals surface area contributed by atoms with E-state index in [-0.39, 0.29) is 11.5 Å². The zero-order valence-electron chi connectivity index (χ0n) is 21.7. The highest BCUT2D eigenvalue weighted by Crippen LogP contribution is 2.25. The van der Waals surface area contributed by atoms with Gasteiger partial charge in [0.15, 0.2) is 0 Å². The molecule has 7 nitrogen and oxygen atoms in total. The van der Waals surface area contributed by atoms with Crippen molar-refractivity contribution in [3.63, 3.8) is 0 Å². The molecule has 0 unspecified atom stereocenters. The molecule has 0 saturated carbocycles. The van der Waals surface area contributed by atoms with Crippen LogP contribution in [0.2, 0.25) is 0 Å². The molecular weight excluding hydrogens is 496 g/mol. The molecule has 0 amide bonds. The van der Waals surface area contributed by atoms with E-state index in [0.717, 1.165) is 12.0 Å². The Labute approximate surface area is 226 Å². The first kappa shape index (κ1) is 27.1. The normalized spacial score (nSPS) is 10.5. The molecule has 7 heteroatoms. The first-order valence-corrected chi connectivity index (χ1v) is 12.5. The Morgan fingerprint density at radius 1 is 0.692 bits per heavy atom. The van der Waals surface area contributed by atoms with Crippen LogP contribution in [-0.4, -0.2) is 30.1 Å². The minimum atomic E-state index is -0.565. The Morgan fingerprint density at radius 3 is 1.97 bits per heavy atom. The Hall–Kier alpha value is -4.91. The molecule has 0 aliphatic rings. The fourth-order valence-electron chi connectivity index (χ4n) is 4.15. The average Bonchev–Trinajstić information content (AvgIpc) is 2.94. The third kappa shape index (κ3) is 6.90. The standard InChI is InChI=1S/C32H28O7/c1-3-7-23-20-27(15-17-28(23)31(35)38-26-13-10-22(11-14-26)30(34)37-2)39-32(36)29-16-12-25(33)19-24(29)18-21-8-5-4-6-9-21/h4-6,8-17,19-20,33H,3,7,18H2,1-2H3. The van der Waals surface area contributed by atoms with Crippen molar-refractivity contribution in [2.45, 2.75) is 26.2 Å². The quantitative estimate of drug-likeness (QED) is 0.207. The second-order valence-electron chi connectivity index (χ2n) is 8.87. The summed E-state index contributed by atoms with van der Waals surface area (Å²) in [6.45, 7) is 1.98. The van der Waals surface area contributed by atoms with Crippen LogP contribution < -0.4 is 9.47 Å². The molecule has 4 aromatic rings. The summed E-state index contributed by atoms with van der Waals surface area (Å²) in [7, 11) is 1.29. The van der Waals surface area contributed by atoms with Gasteiger partial charge in [-0.05, 0) is 90.2 Å². The third-order valence-electron chi connectivity index (χ3n) is 6.06. The summed E-state index contributed by atoms with van der Waals surface area (Å²) in [4.78, 5) is 37.7. The number of phenols is 1. The van der Waals surface area contributed by atoms with Crippen molar-refractivity contribution in [3.05, 3.63) is 124 Å². The smallest absolute Gasteiger partial charge is 0.343 e. The van der Waals surface area contributed by atoms with Crippen molar-refractivity contribution >= 4 is 17.9 Å². The lowest BCUT2D eigenvalue weighted by Crippen LogP contribution is -2.14. The highest BCUT2D eigenvalue weighted by molar-refractivity contribution is 5.95. The molecule has 0 heterocycles. The van der Waals surface area contributed by atoms with Gasteiger partial charge in [-0.25, -0.2) is 14.4 Å². The van der Waals surface area contributed by atoms with E-state index in [9.17, 15) is 19.5 Å². The number of benzene rings is 4. The van der Waals surface area contributed by atoms with Crippen molar-refractivity contribution in [3.8, 4) is 17.2 Å². The van der Waals surface area contributed by atoms with E-state index in [0.29, 0.717) is 46.4 Å². The molecule has 198 valence electrons. The maximum atomic E-state index is 13.1. The summed E-state index contributed by atoms with van der Waals surface area (Å²) in [5.74, 6) is -0.978. The van der Waals surface area contributed by atoms with Gasteiger partial charge in [0.2, 0.25) is 0 Å². The van der Waals surface area contributed by atoms with Crippen molar-refractivity contribution in [2.75, 3.05) is 7.11 Å². The Balaban J connectivity index is 1.52. The molecule has 0 aromatic heterocycles. The number of hydrogen-bond donors (Lipinski definition) is 1. The predicted molar refractivity (Wildman–Crippen MR) is 145 cm³/mol. The summed E-state index contributed by atoms with van der Waals surface area (Å²) in [6, 6.07) is 25.0. The van der Waals surface area contributed by atoms with Crippen LogP contribution in [0.3, 0.4) is 0 Å². The summed E-state index contributed by atoms with van der Waals surface area (Å²) in [5, 5.41) is 10.0. The van der Waals surface area contributed by atoms with E-state index in [1.54, 1.807) is 30.3 Å². The van der Waals surface area contributed by atoms with Gasteiger partial charge in [0.05, 0.1) is 23.8 Å². The van der Waals surface area contributed by atoms with Crippen molar-refractivity contribution < 1.29 is 33.7 Å². The highest BCUT2D eigenvalue weighted by Gasteiger charge is 2.19. The average molecular weight is 525 g/mol. The van der Waals surface area contributed by atoms with Crippen LogP contribution in [0.1, 0.15) is 61.1 Å². The topological polar surface area (TPSA) is 99.1 Å². The van der Waals surface area contributed by atoms with E-state index >= 15 is 0 Å². The minimum absolute atomic E-state index is 0.0607. The Morgan fingerprint density at radius 2 is 1.31 bits per heavy atom. The summed E-state index contributed by atoms with van der Waals surface area (Å²) in [5.41, 5.74) is 3.34. The van der Waals surface area contributed by atoms with Gasteiger partial charge in [-0.15, -0.1) is 0 Å². The summed E-state index contributed by atoms with van der Waals surface area (Å²) in [6.07, 6.45) is 1.77. The lowest BCUT2D eigenvalue weighted by Gasteiger charge is -2.13. The number of ether oxygens (including phenoxy) is 3. The molecule has 0 aliphatic carbocycles. The molecule has 0 fully saturated rings. The molecule has 4 rings (SSSR count). The van der Waals surface area contributed by atoms with E-state index in [2.05, 4.69) is 4.74 Å². The lowest BCUT2D eigenvalue weighted by atomic mass is 9.99. The monoisotopic (exact) mass is 524 g/mol. The summed E-state index contributed by atoms with van der Waals surface area (Å²) < 4.78 is 15.9. The molecule has 0 saturated heterocycles. The van der Waals surface area contributed by atoms with Gasteiger partial charge in [-0.2, -0.15) is 0 Å². The van der Waals surface area contributed by atoms with Gasteiger partial charge in [0.25, 0.3) is 0 Å². The first-order chi connectivity index (χ1) is 18.9. The zero-order valence-corrected chi connectivity index (χ0v) is 21.7. The number of hydrogen-bond acceptors (Lipinski definition) is 7. The SMILES string of the molecule is CCCc1cc(OC(=O)c2ccc(O)cc2Cc2ccccc2)ccc1C(=O)Oc1ccc(C(=O)OC)cc1. The molecule has 39 heavy (non-hydrogen) atoms. The second-order valence-corrected chi connectivity index (χ2v) is 8.87. The third-order valence-corrected chi connectivity index (χ3v) is 6.06. The van der Waals surface area contributed by atoms with Gasteiger partial charge >= 0.3 is 17.9 Å². The number of phenolic OH excluding ortho intramolecular Hbond substituents is 1. The van der Waals surface area contributed by atoms with Crippen LogP contribution in [0.15, 0.2) is 91.0 Å². The molecule has 0 bridgehead atoms. The second kappa shape index (κ2) is 12.6. The molecule has 0 radical (unpaired) electrons. The maximum absolute atomic E-state index is 13.1. The van der Waals surface area contributed by atoms with Crippen LogP contribution in [0.5, 0.6) is 17.2 Å². The first-order valence-electron chi connectivity index (χ1n) is 12.5. The van der Waals surface area contributed by atoms with E-state index in [1.165, 1.54) is 37.4 Å². The number of esters is 3. The van der Waals surface area contributed by atoms with Crippen LogP contribution in [-0.2, 0) is 17.6 Å². The fourth-order valence-corrected chi connectivity index (χ4v) is 4.15. The van der Waals surface area contributed by atoms with Crippen molar-refractivity contribution in [1.82, 2.24) is 0 Å². The number of rotatable bonds is 9. The lowest BCUT2D eigenvalue weighted by molar-refractivity contribution is 0.0600. The van der Waals surface area contributed by atoms with Crippen LogP contribution >= 0.6 is 0 Å². The predicted octanol–water partition coefficient (Wildman–Crippen LogP) is 6.16. The molecule has 1 N–H and O–H groups in total. The van der Waals surface area contributed by atoms with Gasteiger partial charge in [-0.1, -0.05) is 43.7 Å². The van der Waals surface area contributed by atoms with E-state index in [1.807, 2.05) is 37.3 Å². The Kier molecular flexibility index (Phi) is 8.74. The minimum Gasteiger partial charge on any atom is -0.508 e. The maximum Gasteiger partial charge on any atom is 0.343 e. The van der Waals surface area contributed by atoms with Crippen LogP contribution in [0, 0.1) is 0 Å². The van der Waals surface area contributed by atoms with Gasteiger partial charge < -0.3 is 19.3 Å². The van der Waals surface area contributed by atoms with E-state index in [4.69, 9.17) is 9.47 Å². The molecular formula is C32H28O7. The molecule has 0 spiro atoms. The zero-order chi connectivity index (χ0) is 27.8. The van der Waals surface area contributed by atoms with Gasteiger partial charge in [0, 0.05) is 0 Å². The highest BCUT2D eigenvalue weighted by atomic mass is 16.5. The van der Waals surface area contributed by atoms with Crippen molar-refractivity contribution in [1.29, 1.82) is 0 Å². The summed E-state index contributed by atoms with van der Waals surface area (Å²) >= 11 is 0. The number of aromatic hydroxyl groups is 1. The van der Waals surface area contributed by atoms with Gasteiger partial charge in [0.1, 0.15) is 17.2 Å². The Bertz CT molecular complexity index is 1470. The molecule has 0 atom stereocenters. The largest absolute Gasteiger partial charge is 0.508 e. The van der Waals surface area contributed by atoms with Gasteiger partial charge in [-0.3, -0.25) is 0 Å². The number of methoxy groups -OCH3 is 1. The van der Waals surface area contributed by atoms with Crippen molar-refractivity contribution in [2.24, 2.45) is 0 Å². The fraction of sp³-hybridized carbons (Fsp3) is 0.156. The number of carbonyl (C=O) groups is 3. The van der Waals surface area contributed by atoms with Crippen LogP contribution in [0.25, 0.3) is 0 Å². The van der Waals surface area contributed by atoms with E-state index < -0.39 is 17.9 Å². The molecule has 4 aromatic carbocycles. The molecule has 0 aliphatic heterocycles. The number of aryl methyl sites for hydroxylation is 1. The number of carbonyl (C=O) groups excluding carboxylic acids is 3. The van der Waals surface area contributed by atoms with Crippen LogP contribution in [0.4, 0.5) is 0 Å².